The molecule has 0 heterocycles. The second-order valence-corrected chi connectivity index (χ2v) is 8.82. The Morgan fingerprint density at radius 3 is 2.71 bits per heavy atom. The SMILES string of the molecule is C=C1CCC[C@H]2[C@](C)(C[C@@H]3C(=O)C=C(OC)[C@@H]3O)[C@@H](C)CC[C@]12C. The quantitative estimate of drug-likeness (QED) is 0.785. The number of ketones is 1. The van der Waals surface area contributed by atoms with Crippen LogP contribution in [0.3, 0.4) is 0 Å². The molecule has 1 N–H and O–H groups in total. The van der Waals surface area contributed by atoms with E-state index in [0.717, 1.165) is 12.8 Å². The van der Waals surface area contributed by atoms with E-state index in [1.165, 1.54) is 44.4 Å². The van der Waals surface area contributed by atoms with Crippen LogP contribution >= 0.6 is 0 Å². The van der Waals surface area contributed by atoms with E-state index >= 15 is 0 Å². The van der Waals surface area contributed by atoms with Crippen LogP contribution in [0.2, 0.25) is 0 Å². The van der Waals surface area contributed by atoms with Crippen molar-refractivity contribution in [2.75, 3.05) is 7.11 Å². The van der Waals surface area contributed by atoms with Gasteiger partial charge in [0.25, 0.3) is 0 Å². The van der Waals surface area contributed by atoms with Gasteiger partial charge in [-0.05, 0) is 61.2 Å². The van der Waals surface area contributed by atoms with E-state index in [1.54, 1.807) is 0 Å². The second-order valence-electron chi connectivity index (χ2n) is 8.82. The van der Waals surface area contributed by atoms with Gasteiger partial charge in [-0.3, -0.25) is 4.79 Å². The van der Waals surface area contributed by atoms with Crippen molar-refractivity contribution in [1.29, 1.82) is 0 Å². The highest BCUT2D eigenvalue weighted by Crippen LogP contribution is 2.63. The first-order valence-corrected chi connectivity index (χ1v) is 9.40. The van der Waals surface area contributed by atoms with E-state index in [4.69, 9.17) is 4.74 Å². The normalized spacial score (nSPS) is 45.8. The molecule has 0 aromatic heterocycles. The van der Waals surface area contributed by atoms with Crippen molar-refractivity contribution in [2.45, 2.75) is 65.4 Å². The van der Waals surface area contributed by atoms with Crippen molar-refractivity contribution < 1.29 is 14.6 Å². The minimum atomic E-state index is -0.786. The lowest BCUT2D eigenvalue weighted by Crippen LogP contribution is -2.51. The Kier molecular flexibility index (Phi) is 4.44. The molecule has 0 bridgehead atoms. The third-order valence-electron chi connectivity index (χ3n) is 7.78. The molecule has 2 saturated carbocycles. The summed E-state index contributed by atoms with van der Waals surface area (Å²) in [5, 5.41) is 10.5. The standard InChI is InChI=1S/C21H32O3/c1-13-7-6-8-18-20(13,3)10-9-14(2)21(18,4)12-15-16(22)11-17(24-5)19(15)23/h11,14-15,18-19,23H,1,6-10,12H2,2-5H3/t14-,15+,18+,19+,20+,21+/m0/s1. The highest BCUT2D eigenvalue weighted by Gasteiger charge is 2.55. The van der Waals surface area contributed by atoms with Crippen LogP contribution in [0.25, 0.3) is 0 Å². The van der Waals surface area contributed by atoms with Gasteiger partial charge in [0.05, 0.1) is 13.0 Å². The molecule has 6 atom stereocenters. The summed E-state index contributed by atoms with van der Waals surface area (Å²) in [6, 6.07) is 0. The van der Waals surface area contributed by atoms with Crippen LogP contribution in [0.5, 0.6) is 0 Å². The Hall–Kier alpha value is -1.09. The van der Waals surface area contributed by atoms with Gasteiger partial charge in [0.1, 0.15) is 11.9 Å². The fraction of sp³-hybridized carbons (Fsp3) is 0.762. The number of rotatable bonds is 3. The average molecular weight is 332 g/mol. The summed E-state index contributed by atoms with van der Waals surface area (Å²) in [5.41, 5.74) is 1.63. The predicted octanol–water partition coefficient (Wildman–Crippen LogP) is 4.27. The molecular weight excluding hydrogens is 300 g/mol. The third-order valence-corrected chi connectivity index (χ3v) is 7.78. The molecule has 3 nitrogen and oxygen atoms in total. The first-order valence-electron chi connectivity index (χ1n) is 9.40. The summed E-state index contributed by atoms with van der Waals surface area (Å²) in [4.78, 5) is 12.4. The van der Waals surface area contributed by atoms with Crippen LogP contribution in [0.15, 0.2) is 24.0 Å². The van der Waals surface area contributed by atoms with Crippen molar-refractivity contribution >= 4 is 5.78 Å². The van der Waals surface area contributed by atoms with Crippen molar-refractivity contribution in [2.24, 2.45) is 28.6 Å². The number of aliphatic hydroxyl groups is 1. The molecule has 3 rings (SSSR count). The van der Waals surface area contributed by atoms with Crippen LogP contribution in [-0.4, -0.2) is 24.1 Å². The number of carbonyl (C=O) groups excluding carboxylic acids is 1. The highest BCUT2D eigenvalue weighted by molar-refractivity contribution is 5.95. The van der Waals surface area contributed by atoms with E-state index in [2.05, 4.69) is 27.4 Å². The highest BCUT2D eigenvalue weighted by atomic mass is 16.5. The fourth-order valence-corrected chi connectivity index (χ4v) is 5.86. The molecule has 0 amide bonds. The molecule has 0 aliphatic heterocycles. The van der Waals surface area contributed by atoms with E-state index in [-0.39, 0.29) is 22.5 Å². The van der Waals surface area contributed by atoms with Crippen LogP contribution in [-0.2, 0) is 9.53 Å². The molecule has 2 fully saturated rings. The first-order chi connectivity index (χ1) is 11.2. The number of aliphatic hydroxyl groups excluding tert-OH is 1. The maximum atomic E-state index is 12.4. The number of hydrogen-bond acceptors (Lipinski definition) is 3. The summed E-state index contributed by atoms with van der Waals surface area (Å²) in [6.45, 7) is 11.5. The van der Waals surface area contributed by atoms with Crippen molar-refractivity contribution in [3.63, 3.8) is 0 Å². The van der Waals surface area contributed by atoms with Gasteiger partial charge in [-0.2, -0.15) is 0 Å². The lowest BCUT2D eigenvalue weighted by molar-refractivity contribution is -0.125. The molecular formula is C21H32O3. The summed E-state index contributed by atoms with van der Waals surface area (Å²) in [7, 11) is 1.53. The molecule has 3 heteroatoms. The van der Waals surface area contributed by atoms with Gasteiger partial charge in [0.15, 0.2) is 5.78 Å². The van der Waals surface area contributed by atoms with Crippen molar-refractivity contribution in [3.05, 3.63) is 24.0 Å². The molecule has 3 aliphatic rings. The van der Waals surface area contributed by atoms with Crippen LogP contribution in [0.4, 0.5) is 0 Å². The van der Waals surface area contributed by atoms with E-state index in [9.17, 15) is 9.90 Å². The smallest absolute Gasteiger partial charge is 0.165 e. The topological polar surface area (TPSA) is 46.5 Å². The van der Waals surface area contributed by atoms with Gasteiger partial charge in [-0.25, -0.2) is 0 Å². The van der Waals surface area contributed by atoms with E-state index < -0.39 is 6.10 Å². The van der Waals surface area contributed by atoms with Crippen LogP contribution in [0, 0.1) is 28.6 Å². The zero-order chi connectivity index (χ0) is 17.7. The number of methoxy groups -OCH3 is 1. The minimum absolute atomic E-state index is 0.0229. The first kappa shape index (κ1) is 17.7. The monoisotopic (exact) mass is 332 g/mol. The molecule has 134 valence electrons. The van der Waals surface area contributed by atoms with Gasteiger partial charge in [0, 0.05) is 6.08 Å². The molecule has 0 saturated heterocycles. The van der Waals surface area contributed by atoms with E-state index in [1.807, 2.05) is 0 Å². The number of carbonyl (C=O) groups is 1. The maximum absolute atomic E-state index is 12.4. The van der Waals surface area contributed by atoms with Gasteiger partial charge in [-0.15, -0.1) is 0 Å². The molecule has 3 aliphatic carbocycles. The van der Waals surface area contributed by atoms with Crippen LogP contribution < -0.4 is 0 Å². The van der Waals surface area contributed by atoms with Gasteiger partial charge in [0.2, 0.25) is 0 Å². The summed E-state index contributed by atoms with van der Waals surface area (Å²) in [5.74, 6) is 1.18. The average Bonchev–Trinajstić information content (AvgIpc) is 2.81. The maximum Gasteiger partial charge on any atom is 0.165 e. The fourth-order valence-electron chi connectivity index (χ4n) is 5.86. The lowest BCUT2D eigenvalue weighted by Gasteiger charge is -2.59. The molecule has 24 heavy (non-hydrogen) atoms. The largest absolute Gasteiger partial charge is 0.498 e. The Morgan fingerprint density at radius 2 is 2.08 bits per heavy atom. The molecule has 0 aromatic carbocycles. The Balaban J connectivity index is 1.90. The number of hydrogen-bond donors (Lipinski definition) is 1. The second kappa shape index (κ2) is 6.01. The van der Waals surface area contributed by atoms with Crippen LogP contribution in [0.1, 0.15) is 59.3 Å². The predicted molar refractivity (Wildman–Crippen MR) is 95.3 cm³/mol. The van der Waals surface area contributed by atoms with Gasteiger partial charge in [-0.1, -0.05) is 32.9 Å². The zero-order valence-electron chi connectivity index (χ0n) is 15.6. The summed E-state index contributed by atoms with van der Waals surface area (Å²) < 4.78 is 5.19. The van der Waals surface area contributed by atoms with Gasteiger partial charge < -0.3 is 9.84 Å². The Morgan fingerprint density at radius 1 is 1.38 bits per heavy atom. The lowest BCUT2D eigenvalue weighted by atomic mass is 9.45. The molecule has 0 aromatic rings. The minimum Gasteiger partial charge on any atom is -0.498 e. The third kappa shape index (κ3) is 2.47. The number of ether oxygens (including phenoxy) is 1. The Labute approximate surface area is 146 Å². The molecule has 0 unspecified atom stereocenters. The molecule has 0 radical (unpaired) electrons. The number of fused-ring (bicyclic) bond motifs is 1. The Bertz CT molecular complexity index is 578. The van der Waals surface area contributed by atoms with Gasteiger partial charge >= 0.3 is 0 Å². The zero-order valence-corrected chi connectivity index (χ0v) is 15.6. The van der Waals surface area contributed by atoms with E-state index in [0.29, 0.717) is 17.6 Å². The summed E-state index contributed by atoms with van der Waals surface area (Å²) in [6.07, 6.45) is 7.36. The molecule has 0 spiro atoms. The van der Waals surface area contributed by atoms with Crippen molar-refractivity contribution in [3.8, 4) is 0 Å². The van der Waals surface area contributed by atoms with Crippen molar-refractivity contribution in [1.82, 2.24) is 0 Å². The number of allylic oxidation sites excluding steroid dienone is 2. The summed E-state index contributed by atoms with van der Waals surface area (Å²) >= 11 is 0.